The van der Waals surface area contributed by atoms with Crippen molar-refractivity contribution in [3.05, 3.63) is 22.7 Å². The summed E-state index contributed by atoms with van der Waals surface area (Å²) in [6.45, 7) is 1.88. The monoisotopic (exact) mass is 263 g/mol. The number of halogens is 1. The van der Waals surface area contributed by atoms with Crippen molar-refractivity contribution in [1.82, 2.24) is 0 Å². The average molecular weight is 264 g/mol. The van der Waals surface area contributed by atoms with E-state index in [4.69, 9.17) is 27.1 Å². The first kappa shape index (κ1) is 13.1. The van der Waals surface area contributed by atoms with Gasteiger partial charge in [-0.2, -0.15) is 0 Å². The van der Waals surface area contributed by atoms with Crippen LogP contribution in [0.25, 0.3) is 0 Å². The second-order valence-corrected chi connectivity index (χ2v) is 4.54. The summed E-state index contributed by atoms with van der Waals surface area (Å²) in [5.74, 6) is -0.450. The lowest BCUT2D eigenvalue weighted by Crippen LogP contribution is -2.13. The first-order valence-electron chi connectivity index (χ1n) is 4.34. The van der Waals surface area contributed by atoms with E-state index in [-0.39, 0.29) is 21.5 Å². The van der Waals surface area contributed by atoms with Crippen LogP contribution in [-0.2, 0) is 0 Å². The molecule has 5 nitrogen and oxygen atoms in total. The Morgan fingerprint density at radius 1 is 1.50 bits per heavy atom. The van der Waals surface area contributed by atoms with Crippen molar-refractivity contribution in [3.8, 4) is 0 Å². The second-order valence-electron chi connectivity index (χ2n) is 2.83. The molecule has 0 bridgehead atoms. The van der Waals surface area contributed by atoms with E-state index in [0.29, 0.717) is 10.6 Å². The topological polar surface area (TPSA) is 81.0 Å². The van der Waals surface area contributed by atoms with Gasteiger partial charge in [-0.1, -0.05) is 18.5 Å². The second kappa shape index (κ2) is 5.40. The standard InChI is InChI=1S/C9H10ClNO4S/c1-2-16-8-4-6(10)7(11(14)15)3-5(8)9(12)13/h3-4,14-15H,2H2,1H3,(H,12,13). The first-order valence-corrected chi connectivity index (χ1v) is 5.71. The largest absolute Gasteiger partial charge is 0.478 e. The molecule has 1 aromatic carbocycles. The summed E-state index contributed by atoms with van der Waals surface area (Å²) in [4.78, 5) is 11.4. The number of hydrogen-bond donors (Lipinski definition) is 3. The number of rotatable bonds is 4. The normalized spacial score (nSPS) is 10.2. The van der Waals surface area contributed by atoms with Crippen LogP contribution in [0.4, 0.5) is 5.69 Å². The minimum Gasteiger partial charge on any atom is -0.478 e. The van der Waals surface area contributed by atoms with Crippen molar-refractivity contribution >= 4 is 35.0 Å². The van der Waals surface area contributed by atoms with E-state index >= 15 is 0 Å². The fraction of sp³-hybridized carbons (Fsp3) is 0.222. The molecule has 0 radical (unpaired) electrons. The molecule has 0 unspecified atom stereocenters. The smallest absolute Gasteiger partial charge is 0.336 e. The predicted molar refractivity (Wildman–Crippen MR) is 60.9 cm³/mol. The molecule has 0 aliphatic carbocycles. The average Bonchev–Trinajstić information content (AvgIpc) is 2.17. The molecule has 16 heavy (non-hydrogen) atoms. The molecule has 7 heteroatoms. The summed E-state index contributed by atoms with van der Waals surface area (Å²) in [5, 5.41) is 26.5. The summed E-state index contributed by atoms with van der Waals surface area (Å²) >= 11 is 7.09. The van der Waals surface area contributed by atoms with E-state index in [2.05, 4.69) is 0 Å². The van der Waals surface area contributed by atoms with Crippen LogP contribution in [0.5, 0.6) is 0 Å². The van der Waals surface area contributed by atoms with Gasteiger partial charge in [-0.3, -0.25) is 10.4 Å². The van der Waals surface area contributed by atoms with Crippen LogP contribution in [-0.4, -0.2) is 27.2 Å². The molecule has 0 aliphatic rings. The summed E-state index contributed by atoms with van der Waals surface area (Å²) in [7, 11) is 0. The minimum absolute atomic E-state index is 0.0145. The maximum Gasteiger partial charge on any atom is 0.336 e. The minimum atomic E-state index is -1.14. The van der Waals surface area contributed by atoms with E-state index in [1.165, 1.54) is 17.8 Å². The molecule has 0 saturated heterocycles. The van der Waals surface area contributed by atoms with Crippen molar-refractivity contribution in [2.75, 3.05) is 11.0 Å². The molecule has 0 spiro atoms. The lowest BCUT2D eigenvalue weighted by molar-refractivity contribution is 0.0291. The molecule has 0 aromatic heterocycles. The van der Waals surface area contributed by atoms with E-state index in [9.17, 15) is 4.79 Å². The van der Waals surface area contributed by atoms with Gasteiger partial charge < -0.3 is 5.11 Å². The molecule has 1 aromatic rings. The van der Waals surface area contributed by atoms with Crippen LogP contribution in [0, 0.1) is 0 Å². The van der Waals surface area contributed by atoms with Crippen LogP contribution in [0.15, 0.2) is 17.0 Å². The van der Waals surface area contributed by atoms with Gasteiger partial charge in [0.15, 0.2) is 0 Å². The Hall–Kier alpha value is -0.950. The Kier molecular flexibility index (Phi) is 4.43. The molecular weight excluding hydrogens is 254 g/mol. The maximum atomic E-state index is 10.9. The molecule has 0 aliphatic heterocycles. The lowest BCUT2D eigenvalue weighted by Gasteiger charge is -2.13. The Labute approximate surface area is 101 Å². The predicted octanol–water partition coefficient (Wildman–Crippen LogP) is 2.74. The van der Waals surface area contributed by atoms with Gasteiger partial charge in [0.1, 0.15) is 5.69 Å². The number of carboxylic acids is 1. The number of carboxylic acid groups (broad SMARTS) is 1. The van der Waals surface area contributed by atoms with Gasteiger partial charge in [-0.25, -0.2) is 4.79 Å². The first-order chi connectivity index (χ1) is 7.47. The highest BCUT2D eigenvalue weighted by atomic mass is 35.5. The quantitative estimate of drug-likeness (QED) is 0.572. The number of carbonyl (C=O) groups is 1. The van der Waals surface area contributed by atoms with Crippen LogP contribution in [0.2, 0.25) is 5.02 Å². The third kappa shape index (κ3) is 2.79. The van der Waals surface area contributed by atoms with E-state index in [0.717, 1.165) is 6.07 Å². The molecule has 1 rings (SSSR count). The number of benzene rings is 1. The highest BCUT2D eigenvalue weighted by Gasteiger charge is 2.16. The molecule has 0 heterocycles. The van der Waals surface area contributed by atoms with Crippen molar-refractivity contribution < 1.29 is 20.3 Å². The fourth-order valence-electron chi connectivity index (χ4n) is 1.14. The van der Waals surface area contributed by atoms with Gasteiger partial charge in [0.05, 0.1) is 10.6 Å². The zero-order valence-electron chi connectivity index (χ0n) is 8.35. The molecule has 0 saturated carbocycles. The van der Waals surface area contributed by atoms with Crippen molar-refractivity contribution in [1.29, 1.82) is 0 Å². The fourth-order valence-corrected chi connectivity index (χ4v) is 2.26. The SMILES string of the molecule is CCSc1cc(Cl)c(N(O)O)cc1C(=O)O. The van der Waals surface area contributed by atoms with Crippen molar-refractivity contribution in [2.24, 2.45) is 0 Å². The number of aromatic carboxylic acids is 1. The number of thioether (sulfide) groups is 1. The molecular formula is C9H10ClNO4S. The van der Waals surface area contributed by atoms with Gasteiger partial charge in [-0.05, 0) is 17.9 Å². The molecule has 0 atom stereocenters. The summed E-state index contributed by atoms with van der Waals surface area (Å²) in [5.41, 5.74) is -0.182. The third-order valence-corrected chi connectivity index (χ3v) is 3.03. The molecule has 0 fully saturated rings. The van der Waals surface area contributed by atoms with Crippen LogP contribution in [0.3, 0.4) is 0 Å². The molecule has 88 valence electrons. The lowest BCUT2D eigenvalue weighted by atomic mass is 10.2. The summed E-state index contributed by atoms with van der Waals surface area (Å²) in [6.07, 6.45) is 0. The number of nitrogens with zero attached hydrogens (tertiary/aromatic N) is 1. The molecule has 3 N–H and O–H groups in total. The van der Waals surface area contributed by atoms with Crippen LogP contribution < -0.4 is 5.23 Å². The van der Waals surface area contributed by atoms with E-state index < -0.39 is 5.97 Å². The van der Waals surface area contributed by atoms with Crippen LogP contribution >= 0.6 is 23.4 Å². The Morgan fingerprint density at radius 2 is 2.12 bits per heavy atom. The Balaban J connectivity index is 3.31. The molecule has 0 amide bonds. The van der Waals surface area contributed by atoms with E-state index in [1.54, 1.807) is 0 Å². The summed E-state index contributed by atoms with van der Waals surface area (Å²) < 4.78 is 0. The van der Waals surface area contributed by atoms with Gasteiger partial charge in [0.2, 0.25) is 0 Å². The number of anilines is 1. The van der Waals surface area contributed by atoms with Gasteiger partial charge in [0, 0.05) is 4.90 Å². The van der Waals surface area contributed by atoms with Gasteiger partial charge in [0.25, 0.3) is 0 Å². The zero-order valence-corrected chi connectivity index (χ0v) is 9.92. The zero-order chi connectivity index (χ0) is 12.3. The highest BCUT2D eigenvalue weighted by Crippen LogP contribution is 2.33. The maximum absolute atomic E-state index is 10.9. The van der Waals surface area contributed by atoms with Crippen molar-refractivity contribution in [2.45, 2.75) is 11.8 Å². The number of hydrogen-bond acceptors (Lipinski definition) is 5. The third-order valence-electron chi connectivity index (χ3n) is 1.79. The van der Waals surface area contributed by atoms with Crippen molar-refractivity contribution in [3.63, 3.8) is 0 Å². The van der Waals surface area contributed by atoms with Gasteiger partial charge >= 0.3 is 5.97 Å². The highest BCUT2D eigenvalue weighted by molar-refractivity contribution is 7.99. The Morgan fingerprint density at radius 3 is 2.56 bits per heavy atom. The van der Waals surface area contributed by atoms with Gasteiger partial charge in [-0.15, -0.1) is 17.0 Å². The van der Waals surface area contributed by atoms with E-state index in [1.807, 2.05) is 6.92 Å². The Bertz CT molecular complexity index is 411. The van der Waals surface area contributed by atoms with Crippen LogP contribution in [0.1, 0.15) is 17.3 Å². The summed E-state index contributed by atoms with van der Waals surface area (Å²) in [6, 6.07) is 2.51.